The summed E-state index contributed by atoms with van der Waals surface area (Å²) in [6.07, 6.45) is 3.08. The molecule has 26 heavy (non-hydrogen) atoms. The molecule has 2 aromatic carbocycles. The number of hydrogen-bond donors (Lipinski definition) is 2. The Morgan fingerprint density at radius 2 is 1.73 bits per heavy atom. The highest BCUT2D eigenvalue weighted by atomic mass is 32.2. The van der Waals surface area contributed by atoms with Crippen LogP contribution < -0.4 is 10.0 Å². The van der Waals surface area contributed by atoms with Crippen LogP contribution in [0.3, 0.4) is 0 Å². The largest absolute Gasteiger partial charge is 0.313 e. The van der Waals surface area contributed by atoms with Crippen LogP contribution in [0.15, 0.2) is 47.4 Å². The standard InChI is InChI=1S/C21H28N2O2S/c1-4-11-22-20-12-17-5-8-19(13-18(17)14-20)23-26(24,25)21-9-6-16(7-10-21)15(2)3/h5-10,13,15,20,22-23H,4,11-12,14H2,1-3H3. The summed E-state index contributed by atoms with van der Waals surface area (Å²) in [6.45, 7) is 7.37. The molecule has 0 amide bonds. The van der Waals surface area contributed by atoms with Gasteiger partial charge in [-0.2, -0.15) is 0 Å². The van der Waals surface area contributed by atoms with E-state index in [1.807, 2.05) is 30.3 Å². The second kappa shape index (κ2) is 7.80. The Morgan fingerprint density at radius 1 is 1.04 bits per heavy atom. The molecule has 0 saturated heterocycles. The lowest BCUT2D eigenvalue weighted by atomic mass is 10.0. The molecule has 0 bridgehead atoms. The molecule has 140 valence electrons. The summed E-state index contributed by atoms with van der Waals surface area (Å²) in [5.74, 6) is 0.380. The lowest BCUT2D eigenvalue weighted by molar-refractivity contribution is 0.532. The first-order valence-corrected chi connectivity index (χ1v) is 10.9. The quantitative estimate of drug-likeness (QED) is 0.770. The Labute approximate surface area is 157 Å². The third-order valence-corrected chi connectivity index (χ3v) is 6.33. The van der Waals surface area contributed by atoms with Crippen molar-refractivity contribution in [3.63, 3.8) is 0 Å². The van der Waals surface area contributed by atoms with Crippen LogP contribution >= 0.6 is 0 Å². The van der Waals surface area contributed by atoms with E-state index in [0.717, 1.165) is 31.4 Å². The molecule has 2 aromatic rings. The Hall–Kier alpha value is -1.85. The summed E-state index contributed by atoms with van der Waals surface area (Å²) in [5, 5.41) is 3.55. The number of benzene rings is 2. The summed E-state index contributed by atoms with van der Waals surface area (Å²) in [5.41, 5.74) is 4.30. The minimum absolute atomic E-state index is 0.296. The van der Waals surface area contributed by atoms with E-state index in [1.54, 1.807) is 12.1 Å². The lowest BCUT2D eigenvalue weighted by Crippen LogP contribution is -2.29. The topological polar surface area (TPSA) is 58.2 Å². The Bertz CT molecular complexity index is 858. The molecular weight excluding hydrogens is 344 g/mol. The predicted octanol–water partition coefficient (Wildman–Crippen LogP) is 4.08. The number of rotatable bonds is 7. The summed E-state index contributed by atoms with van der Waals surface area (Å²) in [4.78, 5) is 0.296. The van der Waals surface area contributed by atoms with Crippen molar-refractivity contribution in [1.29, 1.82) is 0 Å². The molecule has 0 saturated carbocycles. The second-order valence-electron chi connectivity index (χ2n) is 7.37. The molecule has 3 rings (SSSR count). The van der Waals surface area contributed by atoms with Crippen LogP contribution in [0.5, 0.6) is 0 Å². The third kappa shape index (κ3) is 4.27. The molecular formula is C21H28N2O2S. The SMILES string of the molecule is CCCNC1Cc2ccc(NS(=O)(=O)c3ccc(C(C)C)cc3)cc2C1. The number of hydrogen-bond acceptors (Lipinski definition) is 3. The van der Waals surface area contributed by atoms with Crippen LogP contribution in [-0.2, 0) is 22.9 Å². The molecule has 1 unspecified atom stereocenters. The van der Waals surface area contributed by atoms with E-state index in [4.69, 9.17) is 0 Å². The summed E-state index contributed by atoms with van der Waals surface area (Å²) < 4.78 is 28.1. The molecule has 0 fully saturated rings. The van der Waals surface area contributed by atoms with E-state index >= 15 is 0 Å². The molecule has 0 aliphatic heterocycles. The first-order chi connectivity index (χ1) is 12.4. The summed E-state index contributed by atoms with van der Waals surface area (Å²) in [6, 6.07) is 13.5. The van der Waals surface area contributed by atoms with Crippen molar-refractivity contribution in [3.8, 4) is 0 Å². The zero-order chi connectivity index (χ0) is 18.7. The molecule has 5 heteroatoms. The van der Waals surface area contributed by atoms with Crippen LogP contribution in [-0.4, -0.2) is 21.0 Å². The average Bonchev–Trinajstić information content (AvgIpc) is 3.01. The van der Waals surface area contributed by atoms with Crippen molar-refractivity contribution < 1.29 is 8.42 Å². The van der Waals surface area contributed by atoms with Crippen molar-refractivity contribution >= 4 is 15.7 Å². The van der Waals surface area contributed by atoms with Gasteiger partial charge >= 0.3 is 0 Å². The maximum Gasteiger partial charge on any atom is 0.261 e. The van der Waals surface area contributed by atoms with Crippen LogP contribution in [0.2, 0.25) is 0 Å². The fourth-order valence-electron chi connectivity index (χ4n) is 3.42. The van der Waals surface area contributed by atoms with Gasteiger partial charge in [-0.05, 0) is 72.7 Å². The highest BCUT2D eigenvalue weighted by molar-refractivity contribution is 7.92. The van der Waals surface area contributed by atoms with Gasteiger partial charge in [-0.25, -0.2) is 8.42 Å². The van der Waals surface area contributed by atoms with Crippen molar-refractivity contribution in [2.24, 2.45) is 0 Å². The first kappa shape index (κ1) is 18.9. The smallest absolute Gasteiger partial charge is 0.261 e. The van der Waals surface area contributed by atoms with Crippen molar-refractivity contribution in [2.75, 3.05) is 11.3 Å². The Kier molecular flexibility index (Phi) is 5.68. The maximum absolute atomic E-state index is 12.7. The monoisotopic (exact) mass is 372 g/mol. The van der Waals surface area contributed by atoms with Gasteiger partial charge in [0.15, 0.2) is 0 Å². The molecule has 2 N–H and O–H groups in total. The Balaban J connectivity index is 1.73. The van der Waals surface area contributed by atoms with Crippen LogP contribution in [0, 0.1) is 0 Å². The number of nitrogens with one attached hydrogen (secondary N) is 2. The number of sulfonamides is 1. The van der Waals surface area contributed by atoms with Crippen LogP contribution in [0.25, 0.3) is 0 Å². The molecule has 0 radical (unpaired) electrons. The van der Waals surface area contributed by atoms with Gasteiger partial charge in [-0.1, -0.05) is 39.0 Å². The van der Waals surface area contributed by atoms with E-state index in [1.165, 1.54) is 11.1 Å². The van der Waals surface area contributed by atoms with Crippen molar-refractivity contribution in [2.45, 2.75) is 56.9 Å². The molecule has 4 nitrogen and oxygen atoms in total. The minimum Gasteiger partial charge on any atom is -0.313 e. The van der Waals surface area contributed by atoms with Gasteiger partial charge in [0.1, 0.15) is 0 Å². The van der Waals surface area contributed by atoms with Gasteiger partial charge in [0, 0.05) is 11.7 Å². The zero-order valence-electron chi connectivity index (χ0n) is 15.7. The van der Waals surface area contributed by atoms with E-state index in [0.29, 0.717) is 22.5 Å². The van der Waals surface area contributed by atoms with Gasteiger partial charge < -0.3 is 5.32 Å². The number of fused-ring (bicyclic) bond motifs is 1. The van der Waals surface area contributed by atoms with Crippen molar-refractivity contribution in [1.82, 2.24) is 5.32 Å². The molecule has 0 heterocycles. The Morgan fingerprint density at radius 3 is 2.38 bits per heavy atom. The maximum atomic E-state index is 12.7. The number of anilines is 1. The second-order valence-corrected chi connectivity index (χ2v) is 9.05. The minimum atomic E-state index is -3.57. The molecule has 1 atom stereocenters. The van der Waals surface area contributed by atoms with Crippen LogP contribution in [0.1, 0.15) is 49.8 Å². The van der Waals surface area contributed by atoms with E-state index < -0.39 is 10.0 Å². The fourth-order valence-corrected chi connectivity index (χ4v) is 4.47. The summed E-state index contributed by atoms with van der Waals surface area (Å²) >= 11 is 0. The van der Waals surface area contributed by atoms with E-state index in [9.17, 15) is 8.42 Å². The highest BCUT2D eigenvalue weighted by Crippen LogP contribution is 2.27. The van der Waals surface area contributed by atoms with Gasteiger partial charge in [-0.15, -0.1) is 0 Å². The van der Waals surface area contributed by atoms with E-state index in [-0.39, 0.29) is 0 Å². The fraction of sp³-hybridized carbons (Fsp3) is 0.429. The zero-order valence-corrected chi connectivity index (χ0v) is 16.6. The highest BCUT2D eigenvalue weighted by Gasteiger charge is 2.22. The predicted molar refractivity (Wildman–Crippen MR) is 107 cm³/mol. The van der Waals surface area contributed by atoms with Gasteiger partial charge in [-0.3, -0.25) is 4.72 Å². The first-order valence-electron chi connectivity index (χ1n) is 9.37. The normalized spacial score (nSPS) is 16.7. The lowest BCUT2D eigenvalue weighted by Gasteiger charge is -2.11. The van der Waals surface area contributed by atoms with Gasteiger partial charge in [0.05, 0.1) is 4.90 Å². The third-order valence-electron chi connectivity index (χ3n) is 4.93. The van der Waals surface area contributed by atoms with Gasteiger partial charge in [0.2, 0.25) is 0 Å². The molecule has 0 aromatic heterocycles. The van der Waals surface area contributed by atoms with E-state index in [2.05, 4.69) is 30.8 Å². The average molecular weight is 373 g/mol. The molecule has 1 aliphatic rings. The summed E-state index contributed by atoms with van der Waals surface area (Å²) in [7, 11) is -3.57. The van der Waals surface area contributed by atoms with Gasteiger partial charge in [0.25, 0.3) is 10.0 Å². The molecule has 1 aliphatic carbocycles. The molecule has 0 spiro atoms. The van der Waals surface area contributed by atoms with Crippen molar-refractivity contribution in [3.05, 3.63) is 59.2 Å². The van der Waals surface area contributed by atoms with Crippen LogP contribution in [0.4, 0.5) is 5.69 Å².